The number of anilines is 3. The average Bonchev–Trinajstić information content (AvgIpc) is 3.22. The van der Waals surface area contributed by atoms with Crippen molar-refractivity contribution in [1.29, 1.82) is 0 Å². The zero-order valence-electron chi connectivity index (χ0n) is 16.6. The van der Waals surface area contributed by atoms with Crippen molar-refractivity contribution < 1.29 is 9.53 Å². The van der Waals surface area contributed by atoms with E-state index in [4.69, 9.17) is 4.74 Å². The zero-order chi connectivity index (χ0) is 21.2. The number of amides is 1. The van der Waals surface area contributed by atoms with Crippen molar-refractivity contribution in [2.45, 2.75) is 0 Å². The van der Waals surface area contributed by atoms with E-state index < -0.39 is 0 Å². The zero-order valence-corrected chi connectivity index (χ0v) is 17.4. The molecule has 2 heterocycles. The molecular formula is C24H18N4O2S. The number of methoxy groups -OCH3 is 1. The van der Waals surface area contributed by atoms with Gasteiger partial charge in [0.15, 0.2) is 5.13 Å². The molecule has 0 aliphatic rings. The van der Waals surface area contributed by atoms with Gasteiger partial charge in [0.2, 0.25) is 0 Å². The molecule has 152 valence electrons. The molecule has 31 heavy (non-hydrogen) atoms. The highest BCUT2D eigenvalue weighted by Gasteiger charge is 2.15. The lowest BCUT2D eigenvalue weighted by molar-refractivity contribution is 0.102. The number of para-hydroxylation sites is 1. The first-order valence-corrected chi connectivity index (χ1v) is 10.5. The second-order valence-electron chi connectivity index (χ2n) is 6.86. The first kappa shape index (κ1) is 19.0. The molecule has 0 unspecified atom stereocenters. The lowest BCUT2D eigenvalue weighted by Gasteiger charge is -2.12. The number of fused-ring (bicyclic) bond motifs is 2. The number of pyridine rings is 1. The van der Waals surface area contributed by atoms with Crippen LogP contribution in [0.25, 0.3) is 21.0 Å². The van der Waals surface area contributed by atoms with Crippen LogP contribution in [0.4, 0.5) is 16.6 Å². The summed E-state index contributed by atoms with van der Waals surface area (Å²) in [6, 6.07) is 23.1. The summed E-state index contributed by atoms with van der Waals surface area (Å²) >= 11 is 1.45. The fraction of sp³-hybridized carbons (Fsp3) is 0.0417. The Bertz CT molecular complexity index is 1360. The lowest BCUT2D eigenvalue weighted by Crippen LogP contribution is -2.13. The van der Waals surface area contributed by atoms with Crippen molar-refractivity contribution >= 4 is 54.9 Å². The van der Waals surface area contributed by atoms with E-state index in [1.807, 2.05) is 72.8 Å². The van der Waals surface area contributed by atoms with Gasteiger partial charge in [0, 0.05) is 17.3 Å². The number of thiazole rings is 1. The molecule has 0 fully saturated rings. The number of ether oxygens (including phenoxy) is 1. The maximum Gasteiger partial charge on any atom is 0.259 e. The summed E-state index contributed by atoms with van der Waals surface area (Å²) in [5, 5.41) is 8.47. The number of hydrogen-bond donors (Lipinski definition) is 2. The summed E-state index contributed by atoms with van der Waals surface area (Å²) in [6.07, 6.45) is 1.59. The predicted molar refractivity (Wildman–Crippen MR) is 126 cm³/mol. The molecule has 0 saturated carbocycles. The number of carbonyl (C=O) groups is 1. The van der Waals surface area contributed by atoms with Gasteiger partial charge in [0.05, 0.1) is 22.9 Å². The highest BCUT2D eigenvalue weighted by Crippen LogP contribution is 2.30. The molecule has 2 aromatic heterocycles. The second kappa shape index (κ2) is 8.04. The minimum absolute atomic E-state index is 0.237. The van der Waals surface area contributed by atoms with E-state index in [0.29, 0.717) is 16.5 Å². The number of carbonyl (C=O) groups excluding carboxylic acids is 1. The van der Waals surface area contributed by atoms with Crippen molar-refractivity contribution in [3.05, 3.63) is 84.6 Å². The SMILES string of the molecule is COc1ccc(Nc2ncc(C(=O)Nc3nc4ccccc4s3)c3ccccc23)cc1. The third-order valence-electron chi connectivity index (χ3n) is 4.91. The van der Waals surface area contributed by atoms with Crippen molar-refractivity contribution in [3.8, 4) is 5.75 Å². The lowest BCUT2D eigenvalue weighted by atomic mass is 10.1. The summed E-state index contributed by atoms with van der Waals surface area (Å²) < 4.78 is 6.24. The van der Waals surface area contributed by atoms with Crippen molar-refractivity contribution in [3.63, 3.8) is 0 Å². The van der Waals surface area contributed by atoms with Gasteiger partial charge >= 0.3 is 0 Å². The van der Waals surface area contributed by atoms with E-state index in [2.05, 4.69) is 20.6 Å². The quantitative estimate of drug-likeness (QED) is 0.369. The smallest absolute Gasteiger partial charge is 0.259 e. The molecule has 6 nitrogen and oxygen atoms in total. The Morgan fingerprint density at radius 2 is 1.68 bits per heavy atom. The first-order chi connectivity index (χ1) is 15.2. The van der Waals surface area contributed by atoms with Gasteiger partial charge in [-0.15, -0.1) is 0 Å². The minimum atomic E-state index is -0.237. The van der Waals surface area contributed by atoms with Crippen LogP contribution in [0.3, 0.4) is 0 Å². The third kappa shape index (κ3) is 3.78. The van der Waals surface area contributed by atoms with Gasteiger partial charge in [0.1, 0.15) is 11.6 Å². The van der Waals surface area contributed by atoms with Gasteiger partial charge in [-0.3, -0.25) is 10.1 Å². The van der Waals surface area contributed by atoms with Crippen LogP contribution < -0.4 is 15.4 Å². The second-order valence-corrected chi connectivity index (χ2v) is 7.89. The van der Waals surface area contributed by atoms with E-state index >= 15 is 0 Å². The van der Waals surface area contributed by atoms with Crippen LogP contribution in [0.2, 0.25) is 0 Å². The Morgan fingerprint density at radius 1 is 0.935 bits per heavy atom. The monoisotopic (exact) mass is 426 g/mol. The van der Waals surface area contributed by atoms with Crippen LogP contribution in [0, 0.1) is 0 Å². The van der Waals surface area contributed by atoms with E-state index in [1.165, 1.54) is 11.3 Å². The predicted octanol–water partition coefficient (Wildman–Crippen LogP) is 5.85. The molecule has 1 amide bonds. The van der Waals surface area contributed by atoms with Crippen LogP contribution in [-0.4, -0.2) is 23.0 Å². The van der Waals surface area contributed by atoms with E-state index in [1.54, 1.807) is 13.3 Å². The molecule has 0 aliphatic heterocycles. The van der Waals surface area contributed by atoms with Gasteiger partial charge in [-0.1, -0.05) is 47.7 Å². The number of nitrogens with zero attached hydrogens (tertiary/aromatic N) is 2. The number of benzene rings is 3. The van der Waals surface area contributed by atoms with Gasteiger partial charge < -0.3 is 10.1 Å². The molecule has 5 rings (SSSR count). The van der Waals surface area contributed by atoms with Gasteiger partial charge in [-0.05, 0) is 41.8 Å². The number of rotatable bonds is 5. The number of nitrogens with one attached hydrogen (secondary N) is 2. The van der Waals surface area contributed by atoms with E-state index in [-0.39, 0.29) is 5.91 Å². The summed E-state index contributed by atoms with van der Waals surface area (Å²) in [5.41, 5.74) is 2.24. The largest absolute Gasteiger partial charge is 0.497 e. The Labute approximate surface area is 182 Å². The Kier molecular flexibility index (Phi) is 4.93. The fourth-order valence-electron chi connectivity index (χ4n) is 3.37. The van der Waals surface area contributed by atoms with Crippen molar-refractivity contribution in [2.24, 2.45) is 0 Å². The van der Waals surface area contributed by atoms with E-state index in [9.17, 15) is 4.79 Å². The molecular weight excluding hydrogens is 408 g/mol. The van der Waals surface area contributed by atoms with Crippen LogP contribution in [0.1, 0.15) is 10.4 Å². The molecule has 2 N–H and O–H groups in total. The minimum Gasteiger partial charge on any atom is -0.497 e. The van der Waals surface area contributed by atoms with Crippen LogP contribution in [-0.2, 0) is 0 Å². The number of aromatic nitrogens is 2. The normalized spacial score (nSPS) is 10.9. The highest BCUT2D eigenvalue weighted by atomic mass is 32.1. The van der Waals surface area contributed by atoms with E-state index in [0.717, 1.165) is 32.4 Å². The van der Waals surface area contributed by atoms with Crippen molar-refractivity contribution in [1.82, 2.24) is 9.97 Å². The molecule has 0 spiro atoms. The average molecular weight is 427 g/mol. The summed E-state index contributed by atoms with van der Waals surface area (Å²) in [5.74, 6) is 1.22. The Balaban J connectivity index is 1.46. The highest BCUT2D eigenvalue weighted by molar-refractivity contribution is 7.22. The van der Waals surface area contributed by atoms with Gasteiger partial charge in [-0.25, -0.2) is 9.97 Å². The molecule has 0 atom stereocenters. The fourth-order valence-corrected chi connectivity index (χ4v) is 4.24. The molecule has 5 aromatic rings. The summed E-state index contributed by atoms with van der Waals surface area (Å²) in [7, 11) is 1.63. The van der Waals surface area contributed by atoms with Crippen LogP contribution in [0.5, 0.6) is 5.75 Å². The van der Waals surface area contributed by atoms with Gasteiger partial charge in [-0.2, -0.15) is 0 Å². The molecule has 3 aromatic carbocycles. The number of hydrogen-bond acceptors (Lipinski definition) is 6. The maximum atomic E-state index is 13.0. The summed E-state index contributed by atoms with van der Waals surface area (Å²) in [6.45, 7) is 0. The molecule has 0 radical (unpaired) electrons. The summed E-state index contributed by atoms with van der Waals surface area (Å²) in [4.78, 5) is 22.0. The molecule has 0 bridgehead atoms. The molecule has 0 aliphatic carbocycles. The Hall–Kier alpha value is -3.97. The van der Waals surface area contributed by atoms with Crippen LogP contribution >= 0.6 is 11.3 Å². The first-order valence-electron chi connectivity index (χ1n) is 9.67. The topological polar surface area (TPSA) is 76.1 Å². The molecule has 0 saturated heterocycles. The Morgan fingerprint density at radius 3 is 2.45 bits per heavy atom. The van der Waals surface area contributed by atoms with Gasteiger partial charge in [0.25, 0.3) is 5.91 Å². The third-order valence-corrected chi connectivity index (χ3v) is 5.86. The van der Waals surface area contributed by atoms with Crippen LogP contribution in [0.15, 0.2) is 79.0 Å². The van der Waals surface area contributed by atoms with Crippen molar-refractivity contribution in [2.75, 3.05) is 17.7 Å². The standard InChI is InChI=1S/C24H18N4O2S/c1-30-16-12-10-15(11-13-16)26-22-18-7-3-2-6-17(18)19(14-25-22)23(29)28-24-27-20-8-4-5-9-21(20)31-24/h2-14H,1H3,(H,25,26)(H,27,28,29). The maximum absolute atomic E-state index is 13.0. The molecule has 7 heteroatoms.